The molecule has 0 radical (unpaired) electrons. The number of nitrogens with zero attached hydrogens (tertiary/aromatic N) is 4. The Morgan fingerprint density at radius 1 is 0.909 bits per heavy atom. The number of aliphatic hydroxyl groups is 1. The lowest BCUT2D eigenvalue weighted by atomic mass is 10.1. The number of aromatic nitrogens is 4. The molecule has 0 aliphatic carbocycles. The molecular formula is C35H63ClFN5O10P2S. The zero-order chi connectivity index (χ0) is 40.1. The number of aliphatic hydroxyl groups excluding tert-OH is 1. The normalized spacial score (nSPS) is 21.6. The van der Waals surface area contributed by atoms with Crippen LogP contribution in [0.4, 0.5) is 10.2 Å². The monoisotopic (exact) mass is 861 g/mol. The number of nitrogens with two attached hydrogens (primary N) is 1. The van der Waals surface area contributed by atoms with Gasteiger partial charge in [0.2, 0.25) is 5.28 Å². The SMILES string of the molecule is CCCCCCCCCCCCSCC(COP(=O)(O)OP(=O)(O)OC[C@H]1O[C@@H](n2cnc3c(N)nc(Cl)nc32)[C@@H](F)C1O)OCCCCCCCCCC. The Morgan fingerprint density at radius 3 is 2.09 bits per heavy atom. The molecule has 0 bridgehead atoms. The van der Waals surface area contributed by atoms with Gasteiger partial charge in [-0.3, -0.25) is 13.6 Å². The van der Waals surface area contributed by atoms with E-state index in [9.17, 15) is 24.0 Å². The number of unbranched alkanes of at least 4 members (excludes halogenated alkanes) is 16. The van der Waals surface area contributed by atoms with E-state index in [2.05, 4.69) is 33.1 Å². The third-order valence-corrected chi connectivity index (χ3v) is 13.3. The van der Waals surface area contributed by atoms with Crippen molar-refractivity contribution in [1.29, 1.82) is 0 Å². The number of alkyl halides is 1. The summed E-state index contributed by atoms with van der Waals surface area (Å²) in [7, 11) is -10.4. The Labute approximate surface area is 334 Å². The number of halogens is 2. The second-order valence-corrected chi connectivity index (χ2v) is 18.6. The van der Waals surface area contributed by atoms with Gasteiger partial charge < -0.3 is 30.1 Å². The maximum absolute atomic E-state index is 15.2. The highest BCUT2D eigenvalue weighted by atomic mass is 35.5. The first kappa shape index (κ1) is 48.4. The van der Waals surface area contributed by atoms with E-state index in [1.165, 1.54) is 89.8 Å². The fourth-order valence-electron chi connectivity index (χ4n) is 6.22. The van der Waals surface area contributed by atoms with Crippen LogP contribution in [0.2, 0.25) is 5.28 Å². The number of phosphoric acid groups is 2. The van der Waals surface area contributed by atoms with Gasteiger partial charge in [0.1, 0.15) is 17.7 Å². The molecule has 3 heterocycles. The lowest BCUT2D eigenvalue weighted by molar-refractivity contribution is -0.0453. The molecule has 0 aromatic carbocycles. The Kier molecular flexibility index (Phi) is 23.1. The van der Waals surface area contributed by atoms with Gasteiger partial charge in [-0.1, -0.05) is 117 Å². The summed E-state index contributed by atoms with van der Waals surface area (Å²) in [6.07, 6.45) is 15.3. The van der Waals surface area contributed by atoms with Gasteiger partial charge in [0.15, 0.2) is 23.9 Å². The van der Waals surface area contributed by atoms with Crippen LogP contribution in [0.3, 0.4) is 0 Å². The largest absolute Gasteiger partial charge is 0.481 e. The van der Waals surface area contributed by atoms with Gasteiger partial charge in [-0.25, -0.2) is 18.5 Å². The maximum Gasteiger partial charge on any atom is 0.481 e. The minimum absolute atomic E-state index is 0.0331. The smallest absolute Gasteiger partial charge is 0.387 e. The zero-order valence-electron chi connectivity index (χ0n) is 32.4. The molecule has 2 aromatic heterocycles. The Balaban J connectivity index is 1.44. The van der Waals surface area contributed by atoms with Crippen molar-refractivity contribution < 1.29 is 51.2 Å². The zero-order valence-corrected chi connectivity index (χ0v) is 35.7. The van der Waals surface area contributed by atoms with Crippen LogP contribution in [0.5, 0.6) is 0 Å². The third-order valence-electron chi connectivity index (χ3n) is 9.32. The standard InChI is InChI=1S/C35H63ClFN5O10P2S/c1-3-5-7-9-11-13-14-16-18-20-22-55-25-27(48-21-19-17-15-12-10-8-6-4-2)23-49-53(44,45)52-54(46,47)50-24-28-31(43)29(37)34(51-28)42-26-39-30-32(38)40-35(36)41-33(30)42/h26-29,31,34,43H,3-25H2,1-2H3,(H,44,45)(H,46,47)(H2,38,40,41)/t27?,28-,29+,31?,34-/m1/s1. The first-order valence-corrected chi connectivity index (χ1v) is 24.4. The summed E-state index contributed by atoms with van der Waals surface area (Å²) in [5.41, 5.74) is 5.96. The maximum atomic E-state index is 15.2. The highest BCUT2D eigenvalue weighted by Crippen LogP contribution is 2.60. The third kappa shape index (κ3) is 18.3. The Bertz CT molecular complexity index is 1470. The van der Waals surface area contributed by atoms with Gasteiger partial charge in [0, 0.05) is 12.4 Å². The number of thioether (sulfide) groups is 1. The van der Waals surface area contributed by atoms with E-state index in [1.807, 2.05) is 0 Å². The highest BCUT2D eigenvalue weighted by molar-refractivity contribution is 7.99. The number of anilines is 1. The van der Waals surface area contributed by atoms with Crippen molar-refractivity contribution in [1.82, 2.24) is 19.5 Å². The number of nitrogen functional groups attached to an aromatic ring is 1. The van der Waals surface area contributed by atoms with Gasteiger partial charge in [0.05, 0.1) is 25.6 Å². The van der Waals surface area contributed by atoms with E-state index >= 15 is 4.39 Å². The average Bonchev–Trinajstić information content (AvgIpc) is 3.68. The van der Waals surface area contributed by atoms with Gasteiger partial charge in [-0.05, 0) is 30.2 Å². The molecule has 0 spiro atoms. The molecule has 0 amide bonds. The summed E-state index contributed by atoms with van der Waals surface area (Å²) in [6.45, 7) is 3.63. The second-order valence-electron chi connectivity index (χ2n) is 14.0. The van der Waals surface area contributed by atoms with E-state index in [0.29, 0.717) is 12.4 Å². The van der Waals surface area contributed by atoms with Crippen LogP contribution in [0.1, 0.15) is 136 Å². The van der Waals surface area contributed by atoms with Crippen LogP contribution in [0.15, 0.2) is 6.33 Å². The Morgan fingerprint density at radius 2 is 1.47 bits per heavy atom. The van der Waals surface area contributed by atoms with Crippen molar-refractivity contribution in [2.45, 2.75) is 160 Å². The van der Waals surface area contributed by atoms with E-state index in [1.54, 1.807) is 11.8 Å². The fraction of sp³-hybridized carbons (Fsp3) is 0.857. The summed E-state index contributed by atoms with van der Waals surface area (Å²) < 4.78 is 67.9. The van der Waals surface area contributed by atoms with Gasteiger partial charge >= 0.3 is 15.6 Å². The quantitative estimate of drug-likeness (QED) is 0.0307. The number of ether oxygens (including phenoxy) is 2. The fourth-order valence-corrected chi connectivity index (χ4v) is 9.53. The first-order valence-electron chi connectivity index (χ1n) is 19.9. The van der Waals surface area contributed by atoms with Crippen LogP contribution in [0.25, 0.3) is 11.2 Å². The summed E-state index contributed by atoms with van der Waals surface area (Å²) in [4.78, 5) is 32.4. The lowest BCUT2D eigenvalue weighted by Gasteiger charge is -2.21. The minimum atomic E-state index is -5.27. The van der Waals surface area contributed by atoms with Crippen molar-refractivity contribution in [3.63, 3.8) is 0 Å². The van der Waals surface area contributed by atoms with Crippen LogP contribution in [-0.2, 0) is 32.0 Å². The molecular weight excluding hydrogens is 799 g/mol. The second kappa shape index (κ2) is 26.2. The van der Waals surface area contributed by atoms with Crippen molar-refractivity contribution in [3.05, 3.63) is 11.6 Å². The lowest BCUT2D eigenvalue weighted by Crippen LogP contribution is -2.31. The number of fused-ring (bicyclic) bond motifs is 1. The molecule has 4 unspecified atom stereocenters. The molecule has 1 aliphatic rings. The van der Waals surface area contributed by atoms with E-state index in [4.69, 9.17) is 35.9 Å². The van der Waals surface area contributed by atoms with E-state index < -0.39 is 53.0 Å². The molecule has 0 saturated carbocycles. The molecule has 7 atom stereocenters. The van der Waals surface area contributed by atoms with Crippen LogP contribution in [0, 0.1) is 0 Å². The summed E-state index contributed by atoms with van der Waals surface area (Å²) in [5, 5.41) is 10.3. The topological polar surface area (TPSA) is 211 Å². The number of hydrogen-bond acceptors (Lipinski definition) is 13. The average molecular weight is 862 g/mol. The van der Waals surface area contributed by atoms with Crippen molar-refractivity contribution >= 4 is 56.0 Å². The van der Waals surface area contributed by atoms with Crippen molar-refractivity contribution in [2.24, 2.45) is 0 Å². The summed E-state index contributed by atoms with van der Waals surface area (Å²) >= 11 is 7.55. The van der Waals surface area contributed by atoms with Crippen LogP contribution in [-0.4, -0.2) is 90.2 Å². The predicted molar refractivity (Wildman–Crippen MR) is 214 cm³/mol. The van der Waals surface area contributed by atoms with E-state index in [0.717, 1.165) is 42.4 Å². The molecule has 20 heteroatoms. The van der Waals surface area contributed by atoms with Crippen molar-refractivity contribution in [3.8, 4) is 0 Å². The molecule has 1 aliphatic heterocycles. The summed E-state index contributed by atoms with van der Waals surface area (Å²) in [6, 6.07) is 0. The number of imidazole rings is 1. The van der Waals surface area contributed by atoms with Gasteiger partial charge in [-0.2, -0.15) is 26.0 Å². The molecule has 3 rings (SSSR count). The molecule has 55 heavy (non-hydrogen) atoms. The molecule has 5 N–H and O–H groups in total. The predicted octanol–water partition coefficient (Wildman–Crippen LogP) is 9.09. The van der Waals surface area contributed by atoms with Crippen molar-refractivity contribution in [2.75, 3.05) is 37.1 Å². The molecule has 1 fully saturated rings. The number of hydrogen-bond donors (Lipinski definition) is 4. The van der Waals surface area contributed by atoms with Crippen LogP contribution >= 0.6 is 39.0 Å². The van der Waals surface area contributed by atoms with Gasteiger partial charge in [0.25, 0.3) is 0 Å². The molecule has 318 valence electrons. The van der Waals surface area contributed by atoms with Crippen LogP contribution < -0.4 is 5.73 Å². The number of rotatable bonds is 32. The molecule has 2 aromatic rings. The summed E-state index contributed by atoms with van der Waals surface area (Å²) in [5.74, 6) is 1.35. The first-order chi connectivity index (χ1) is 26.4. The highest BCUT2D eigenvalue weighted by Gasteiger charge is 2.47. The molecule has 15 nitrogen and oxygen atoms in total. The molecule has 1 saturated heterocycles. The number of phosphoric ester groups is 2. The Hall–Kier alpha value is -0.940. The minimum Gasteiger partial charge on any atom is -0.387 e. The van der Waals surface area contributed by atoms with E-state index in [-0.39, 0.29) is 28.9 Å². The van der Waals surface area contributed by atoms with Gasteiger partial charge in [-0.15, -0.1) is 0 Å².